The van der Waals surface area contributed by atoms with E-state index < -0.39 is 0 Å². The fourth-order valence-electron chi connectivity index (χ4n) is 1.75. The zero-order valence-electron chi connectivity index (χ0n) is 9.39. The number of benzene rings is 1. The highest BCUT2D eigenvalue weighted by Gasteiger charge is 2.13. The first kappa shape index (κ1) is 10.8. The number of rotatable bonds is 2. The van der Waals surface area contributed by atoms with Crippen molar-refractivity contribution in [1.82, 2.24) is 0 Å². The van der Waals surface area contributed by atoms with E-state index in [0.29, 0.717) is 0 Å². The van der Waals surface area contributed by atoms with Gasteiger partial charge in [0, 0.05) is 11.1 Å². The molecular formula is C12H16O2. The number of aryl methyl sites for hydroxylation is 1. The molecule has 0 unspecified atom stereocenters. The van der Waals surface area contributed by atoms with E-state index in [2.05, 4.69) is 0 Å². The third kappa shape index (κ3) is 1.65. The van der Waals surface area contributed by atoms with Gasteiger partial charge in [0.25, 0.3) is 0 Å². The summed E-state index contributed by atoms with van der Waals surface area (Å²) in [7, 11) is 1.63. The third-order valence-electron chi connectivity index (χ3n) is 2.63. The minimum atomic E-state index is 0.0991. The molecule has 0 saturated heterocycles. The lowest BCUT2D eigenvalue weighted by molar-refractivity contribution is 0.101. The van der Waals surface area contributed by atoms with E-state index in [9.17, 15) is 4.79 Å². The Labute approximate surface area is 84.9 Å². The Balaban J connectivity index is 3.53. The Morgan fingerprint density at radius 1 is 1.21 bits per heavy atom. The van der Waals surface area contributed by atoms with Crippen LogP contribution < -0.4 is 4.74 Å². The minimum Gasteiger partial charge on any atom is -0.496 e. The van der Waals surface area contributed by atoms with Gasteiger partial charge in [-0.05, 0) is 44.9 Å². The first-order valence-corrected chi connectivity index (χ1v) is 4.64. The quantitative estimate of drug-likeness (QED) is 0.673. The molecule has 2 nitrogen and oxygen atoms in total. The van der Waals surface area contributed by atoms with Crippen LogP contribution in [-0.2, 0) is 0 Å². The average Bonchev–Trinajstić information content (AvgIpc) is 2.11. The molecule has 0 heterocycles. The first-order valence-electron chi connectivity index (χ1n) is 4.64. The van der Waals surface area contributed by atoms with Crippen molar-refractivity contribution in [3.63, 3.8) is 0 Å². The molecule has 0 aliphatic heterocycles. The van der Waals surface area contributed by atoms with Gasteiger partial charge >= 0.3 is 0 Å². The van der Waals surface area contributed by atoms with Crippen LogP contribution in [0.25, 0.3) is 0 Å². The van der Waals surface area contributed by atoms with E-state index in [1.807, 2.05) is 26.8 Å². The molecule has 0 bridgehead atoms. The number of hydrogen-bond donors (Lipinski definition) is 0. The van der Waals surface area contributed by atoms with Gasteiger partial charge in [0.2, 0.25) is 0 Å². The van der Waals surface area contributed by atoms with Gasteiger partial charge in [0.15, 0.2) is 5.78 Å². The molecule has 0 atom stereocenters. The van der Waals surface area contributed by atoms with Gasteiger partial charge in [-0.2, -0.15) is 0 Å². The summed E-state index contributed by atoms with van der Waals surface area (Å²) in [6.07, 6.45) is 0. The molecule has 1 rings (SSSR count). The van der Waals surface area contributed by atoms with Crippen molar-refractivity contribution in [3.8, 4) is 5.75 Å². The second-order valence-corrected chi connectivity index (χ2v) is 3.58. The topological polar surface area (TPSA) is 26.3 Å². The summed E-state index contributed by atoms with van der Waals surface area (Å²) in [4.78, 5) is 11.5. The Kier molecular flexibility index (Phi) is 2.94. The summed E-state index contributed by atoms with van der Waals surface area (Å²) in [5.41, 5.74) is 3.87. The lowest BCUT2D eigenvalue weighted by Gasteiger charge is -2.13. The van der Waals surface area contributed by atoms with E-state index in [1.165, 1.54) is 0 Å². The van der Waals surface area contributed by atoms with Crippen molar-refractivity contribution in [2.45, 2.75) is 27.7 Å². The van der Waals surface area contributed by atoms with Crippen molar-refractivity contribution in [2.24, 2.45) is 0 Å². The van der Waals surface area contributed by atoms with Gasteiger partial charge in [-0.1, -0.05) is 0 Å². The van der Waals surface area contributed by atoms with Crippen molar-refractivity contribution >= 4 is 5.78 Å². The molecule has 1 aromatic rings. The molecule has 0 amide bonds. The molecule has 0 N–H and O–H groups in total. The summed E-state index contributed by atoms with van der Waals surface area (Å²) in [6.45, 7) is 7.47. The molecule has 2 heteroatoms. The Hall–Kier alpha value is -1.31. The van der Waals surface area contributed by atoms with Crippen LogP contribution in [0.15, 0.2) is 6.07 Å². The molecule has 0 aromatic heterocycles. The SMILES string of the molecule is COc1cc(C)c(C)c(C(C)=O)c1C. The molecule has 0 aliphatic carbocycles. The van der Waals surface area contributed by atoms with Crippen LogP contribution in [0.3, 0.4) is 0 Å². The van der Waals surface area contributed by atoms with E-state index in [4.69, 9.17) is 4.74 Å². The highest BCUT2D eigenvalue weighted by molar-refractivity contribution is 5.98. The molecule has 0 fully saturated rings. The Morgan fingerprint density at radius 2 is 1.79 bits per heavy atom. The van der Waals surface area contributed by atoms with E-state index in [1.54, 1.807) is 14.0 Å². The van der Waals surface area contributed by atoms with Crippen LogP contribution in [0.4, 0.5) is 0 Å². The van der Waals surface area contributed by atoms with Crippen molar-refractivity contribution in [2.75, 3.05) is 7.11 Å². The summed E-state index contributed by atoms with van der Waals surface area (Å²) < 4.78 is 5.22. The van der Waals surface area contributed by atoms with E-state index >= 15 is 0 Å². The number of hydrogen-bond acceptors (Lipinski definition) is 2. The van der Waals surface area contributed by atoms with Gasteiger partial charge in [-0.25, -0.2) is 0 Å². The molecule has 76 valence electrons. The highest BCUT2D eigenvalue weighted by atomic mass is 16.5. The van der Waals surface area contributed by atoms with Gasteiger partial charge < -0.3 is 4.74 Å². The standard InChI is InChI=1S/C12H16O2/c1-7-6-11(14-5)9(3)12(8(7)2)10(4)13/h6H,1-5H3. The van der Waals surface area contributed by atoms with Crippen LogP contribution in [0.5, 0.6) is 5.75 Å². The lowest BCUT2D eigenvalue weighted by Crippen LogP contribution is -2.04. The molecular weight excluding hydrogens is 176 g/mol. The number of Topliss-reactive ketones (excluding diaryl/α,β-unsaturated/α-hetero) is 1. The van der Waals surface area contributed by atoms with Crippen LogP contribution in [0.1, 0.15) is 34.0 Å². The molecule has 0 saturated carbocycles. The monoisotopic (exact) mass is 192 g/mol. The van der Waals surface area contributed by atoms with Crippen molar-refractivity contribution in [1.29, 1.82) is 0 Å². The van der Waals surface area contributed by atoms with Crippen molar-refractivity contribution in [3.05, 3.63) is 28.3 Å². The molecule has 0 radical (unpaired) electrons. The molecule has 14 heavy (non-hydrogen) atoms. The van der Waals surface area contributed by atoms with Crippen LogP contribution in [0.2, 0.25) is 0 Å². The number of carbonyl (C=O) groups excluding carboxylic acids is 1. The normalized spacial score (nSPS) is 10.1. The summed E-state index contributed by atoms with van der Waals surface area (Å²) in [6, 6.07) is 1.97. The third-order valence-corrected chi connectivity index (χ3v) is 2.63. The number of carbonyl (C=O) groups is 1. The van der Waals surface area contributed by atoms with Gasteiger partial charge in [-0.15, -0.1) is 0 Å². The maximum absolute atomic E-state index is 11.5. The molecule has 1 aromatic carbocycles. The Bertz CT molecular complexity index is 378. The fourth-order valence-corrected chi connectivity index (χ4v) is 1.75. The molecule has 0 aliphatic rings. The smallest absolute Gasteiger partial charge is 0.160 e. The van der Waals surface area contributed by atoms with Crippen LogP contribution in [-0.4, -0.2) is 12.9 Å². The lowest BCUT2D eigenvalue weighted by atomic mass is 9.95. The number of ether oxygens (including phenoxy) is 1. The highest BCUT2D eigenvalue weighted by Crippen LogP contribution is 2.27. The van der Waals surface area contributed by atoms with Gasteiger partial charge in [-0.3, -0.25) is 4.79 Å². The molecule has 0 spiro atoms. The maximum Gasteiger partial charge on any atom is 0.160 e. The van der Waals surface area contributed by atoms with Crippen LogP contribution >= 0.6 is 0 Å². The maximum atomic E-state index is 11.5. The minimum absolute atomic E-state index is 0.0991. The van der Waals surface area contributed by atoms with E-state index in [-0.39, 0.29) is 5.78 Å². The predicted octanol–water partition coefficient (Wildman–Crippen LogP) is 2.82. The summed E-state index contributed by atoms with van der Waals surface area (Å²) in [5, 5.41) is 0. The number of ketones is 1. The van der Waals surface area contributed by atoms with Gasteiger partial charge in [0.1, 0.15) is 5.75 Å². The number of methoxy groups -OCH3 is 1. The zero-order chi connectivity index (χ0) is 10.9. The van der Waals surface area contributed by atoms with Gasteiger partial charge in [0.05, 0.1) is 7.11 Å². The first-order chi connectivity index (χ1) is 6.49. The largest absolute Gasteiger partial charge is 0.496 e. The predicted molar refractivity (Wildman–Crippen MR) is 57.2 cm³/mol. The van der Waals surface area contributed by atoms with Crippen LogP contribution in [0, 0.1) is 20.8 Å². The average molecular weight is 192 g/mol. The van der Waals surface area contributed by atoms with Crippen molar-refractivity contribution < 1.29 is 9.53 Å². The zero-order valence-corrected chi connectivity index (χ0v) is 9.39. The summed E-state index contributed by atoms with van der Waals surface area (Å²) in [5.74, 6) is 0.889. The second-order valence-electron chi connectivity index (χ2n) is 3.58. The fraction of sp³-hybridized carbons (Fsp3) is 0.417. The Morgan fingerprint density at radius 3 is 2.21 bits per heavy atom. The summed E-state index contributed by atoms with van der Waals surface area (Å²) >= 11 is 0. The van der Waals surface area contributed by atoms with E-state index in [0.717, 1.165) is 28.0 Å². The second kappa shape index (κ2) is 3.82.